The van der Waals surface area contributed by atoms with Crippen LogP contribution in [0.1, 0.15) is 56.7 Å². The molecule has 2 bridgehead atoms. The van der Waals surface area contributed by atoms with Crippen molar-refractivity contribution in [3.63, 3.8) is 0 Å². The zero-order valence-corrected chi connectivity index (χ0v) is 18.5. The van der Waals surface area contributed by atoms with Crippen molar-refractivity contribution in [3.05, 3.63) is 65.2 Å². The maximum absolute atomic E-state index is 11.4. The number of benzene rings is 2. The molecule has 0 aromatic heterocycles. The Morgan fingerprint density at radius 3 is 2.87 bits per heavy atom. The summed E-state index contributed by atoms with van der Waals surface area (Å²) < 4.78 is 0. The Morgan fingerprint density at radius 1 is 1.20 bits per heavy atom. The van der Waals surface area contributed by atoms with E-state index in [9.17, 15) is 4.79 Å². The van der Waals surface area contributed by atoms with E-state index >= 15 is 0 Å². The molecule has 2 fully saturated rings. The summed E-state index contributed by atoms with van der Waals surface area (Å²) in [6.07, 6.45) is 6.31. The SMILES string of the molecule is CC(=O)Nc1cccc(CCN2C(C)C3CCC4(C)c5ccccc5CC2C4C3)c1. The second-order valence-corrected chi connectivity index (χ2v) is 10.1. The van der Waals surface area contributed by atoms with E-state index < -0.39 is 0 Å². The van der Waals surface area contributed by atoms with Gasteiger partial charge in [-0.1, -0.05) is 43.3 Å². The van der Waals surface area contributed by atoms with Gasteiger partial charge in [0.25, 0.3) is 0 Å². The first kappa shape index (κ1) is 19.8. The zero-order valence-electron chi connectivity index (χ0n) is 18.5. The van der Waals surface area contributed by atoms with Gasteiger partial charge in [0, 0.05) is 31.2 Å². The number of hydrogen-bond acceptors (Lipinski definition) is 2. The Labute approximate surface area is 180 Å². The molecule has 2 aromatic rings. The summed E-state index contributed by atoms with van der Waals surface area (Å²) in [6.45, 7) is 7.68. The van der Waals surface area contributed by atoms with E-state index in [2.05, 4.69) is 66.5 Å². The van der Waals surface area contributed by atoms with Crippen LogP contribution in [0.4, 0.5) is 5.69 Å². The first-order chi connectivity index (χ1) is 14.5. The number of piperidine rings is 1. The summed E-state index contributed by atoms with van der Waals surface area (Å²) in [5.74, 6) is 1.59. The van der Waals surface area contributed by atoms with Crippen LogP contribution in [-0.4, -0.2) is 29.4 Å². The minimum Gasteiger partial charge on any atom is -0.326 e. The fourth-order valence-corrected chi connectivity index (χ4v) is 6.91. The minimum atomic E-state index is -0.00946. The Kier molecular flexibility index (Phi) is 4.97. The predicted octanol–water partition coefficient (Wildman–Crippen LogP) is 5.19. The Bertz CT molecular complexity index is 953. The number of nitrogens with one attached hydrogen (secondary N) is 1. The lowest BCUT2D eigenvalue weighted by atomic mass is 9.52. The summed E-state index contributed by atoms with van der Waals surface area (Å²) in [4.78, 5) is 14.3. The molecule has 158 valence electrons. The molecule has 5 rings (SSSR count). The number of anilines is 1. The molecule has 5 unspecified atom stereocenters. The highest BCUT2D eigenvalue weighted by Crippen LogP contribution is 2.56. The summed E-state index contributed by atoms with van der Waals surface area (Å²) >= 11 is 0. The topological polar surface area (TPSA) is 32.3 Å². The van der Waals surface area contributed by atoms with Gasteiger partial charge in [0.15, 0.2) is 0 Å². The van der Waals surface area contributed by atoms with Gasteiger partial charge in [0.05, 0.1) is 0 Å². The Hall–Kier alpha value is -2.13. The number of fused-ring (bicyclic) bond motifs is 3. The van der Waals surface area contributed by atoms with Crippen molar-refractivity contribution in [1.82, 2.24) is 4.90 Å². The van der Waals surface area contributed by atoms with Gasteiger partial charge in [-0.05, 0) is 85.1 Å². The van der Waals surface area contributed by atoms with Crippen molar-refractivity contribution in [2.45, 2.75) is 70.4 Å². The number of carbonyl (C=O) groups is 1. The van der Waals surface area contributed by atoms with Crippen molar-refractivity contribution < 1.29 is 4.79 Å². The normalized spacial score (nSPS) is 32.4. The van der Waals surface area contributed by atoms with Crippen LogP contribution >= 0.6 is 0 Å². The van der Waals surface area contributed by atoms with Crippen LogP contribution in [-0.2, 0) is 23.1 Å². The molecule has 0 spiro atoms. The number of likely N-dealkylation sites (tertiary alicyclic amines) is 1. The van der Waals surface area contributed by atoms with Crippen molar-refractivity contribution in [2.24, 2.45) is 11.8 Å². The fourth-order valence-electron chi connectivity index (χ4n) is 6.91. The lowest BCUT2D eigenvalue weighted by Gasteiger charge is -2.61. The number of hydrogen-bond donors (Lipinski definition) is 1. The second-order valence-electron chi connectivity index (χ2n) is 10.1. The standard InChI is InChI=1S/C27H34N2O/c1-18-21-11-13-27(3)24-10-5-4-8-22(24)17-26(25(27)16-21)29(18)14-12-20-7-6-9-23(15-20)28-19(2)30/h4-10,15,18,21,25-26H,11-14,16-17H2,1-3H3,(H,28,30). The quantitative estimate of drug-likeness (QED) is 0.763. The van der Waals surface area contributed by atoms with Gasteiger partial charge in [-0.25, -0.2) is 0 Å². The molecule has 5 atom stereocenters. The Balaban J connectivity index is 1.40. The molecule has 3 aliphatic rings. The maximum atomic E-state index is 11.4. The molecule has 1 N–H and O–H groups in total. The lowest BCUT2D eigenvalue weighted by molar-refractivity contribution is -0.114. The first-order valence-electron chi connectivity index (χ1n) is 11.7. The molecule has 30 heavy (non-hydrogen) atoms. The minimum absolute atomic E-state index is 0.00946. The van der Waals surface area contributed by atoms with E-state index in [1.165, 1.54) is 31.2 Å². The average Bonchev–Trinajstić information content (AvgIpc) is 2.73. The van der Waals surface area contributed by atoms with Gasteiger partial charge in [0.1, 0.15) is 0 Å². The molecule has 1 aliphatic heterocycles. The van der Waals surface area contributed by atoms with Crippen LogP contribution in [0, 0.1) is 11.8 Å². The van der Waals surface area contributed by atoms with Crippen molar-refractivity contribution in [3.8, 4) is 0 Å². The van der Waals surface area contributed by atoms with Gasteiger partial charge in [0.2, 0.25) is 5.91 Å². The largest absolute Gasteiger partial charge is 0.326 e. The molecule has 1 saturated carbocycles. The highest BCUT2D eigenvalue weighted by atomic mass is 16.1. The number of rotatable bonds is 4. The van der Waals surface area contributed by atoms with E-state index in [4.69, 9.17) is 0 Å². The van der Waals surface area contributed by atoms with Crippen LogP contribution in [0.15, 0.2) is 48.5 Å². The van der Waals surface area contributed by atoms with Gasteiger partial charge in [-0.15, -0.1) is 0 Å². The number of nitrogens with zero attached hydrogens (tertiary/aromatic N) is 1. The molecule has 3 nitrogen and oxygen atoms in total. The highest BCUT2D eigenvalue weighted by Gasteiger charge is 2.54. The smallest absolute Gasteiger partial charge is 0.221 e. The molecule has 3 heteroatoms. The van der Waals surface area contributed by atoms with Crippen LogP contribution in [0.25, 0.3) is 0 Å². The van der Waals surface area contributed by atoms with E-state index in [1.807, 2.05) is 6.07 Å². The molecular formula is C27H34N2O. The molecule has 1 saturated heterocycles. The second kappa shape index (κ2) is 7.53. The molecule has 2 aliphatic carbocycles. The van der Waals surface area contributed by atoms with E-state index in [-0.39, 0.29) is 5.91 Å². The molecular weight excluding hydrogens is 368 g/mol. The van der Waals surface area contributed by atoms with Crippen LogP contribution < -0.4 is 5.32 Å². The van der Waals surface area contributed by atoms with Gasteiger partial charge in [-0.2, -0.15) is 0 Å². The average molecular weight is 403 g/mol. The number of amides is 1. The molecule has 1 heterocycles. The van der Waals surface area contributed by atoms with Crippen molar-refractivity contribution >= 4 is 11.6 Å². The van der Waals surface area contributed by atoms with Crippen molar-refractivity contribution in [2.75, 3.05) is 11.9 Å². The molecule has 0 radical (unpaired) electrons. The first-order valence-corrected chi connectivity index (χ1v) is 11.7. The third-order valence-electron chi connectivity index (χ3n) is 8.47. The van der Waals surface area contributed by atoms with Crippen LogP contribution in [0.2, 0.25) is 0 Å². The monoisotopic (exact) mass is 402 g/mol. The summed E-state index contributed by atoms with van der Waals surface area (Å²) in [6, 6.07) is 18.9. The maximum Gasteiger partial charge on any atom is 0.221 e. The van der Waals surface area contributed by atoms with Gasteiger partial charge >= 0.3 is 0 Å². The number of carbonyl (C=O) groups excluding carboxylic acids is 1. The van der Waals surface area contributed by atoms with E-state index in [0.29, 0.717) is 17.5 Å². The van der Waals surface area contributed by atoms with Gasteiger partial charge in [-0.3, -0.25) is 9.69 Å². The molecule has 1 amide bonds. The van der Waals surface area contributed by atoms with E-state index in [0.717, 1.165) is 30.5 Å². The van der Waals surface area contributed by atoms with Crippen LogP contribution in [0.5, 0.6) is 0 Å². The predicted molar refractivity (Wildman–Crippen MR) is 123 cm³/mol. The highest BCUT2D eigenvalue weighted by molar-refractivity contribution is 5.88. The summed E-state index contributed by atoms with van der Waals surface area (Å²) in [5.41, 5.74) is 5.75. The molecule has 2 aromatic carbocycles. The van der Waals surface area contributed by atoms with Gasteiger partial charge < -0.3 is 5.32 Å². The zero-order chi connectivity index (χ0) is 20.9. The van der Waals surface area contributed by atoms with Crippen molar-refractivity contribution in [1.29, 1.82) is 0 Å². The third kappa shape index (κ3) is 3.28. The van der Waals surface area contributed by atoms with Crippen LogP contribution in [0.3, 0.4) is 0 Å². The Morgan fingerprint density at radius 2 is 2.03 bits per heavy atom. The van der Waals surface area contributed by atoms with E-state index in [1.54, 1.807) is 18.1 Å². The summed E-state index contributed by atoms with van der Waals surface area (Å²) in [5, 5.41) is 2.92. The summed E-state index contributed by atoms with van der Waals surface area (Å²) in [7, 11) is 0. The third-order valence-corrected chi connectivity index (χ3v) is 8.47. The fraction of sp³-hybridized carbons (Fsp3) is 0.519. The lowest BCUT2D eigenvalue weighted by Crippen LogP contribution is -2.63.